The molecule has 66 valence electrons. The van der Waals surface area contributed by atoms with Gasteiger partial charge in [-0.05, 0) is 12.5 Å². The molecule has 0 saturated heterocycles. The fourth-order valence-electron chi connectivity index (χ4n) is 1.25. The number of nitrogens with one attached hydrogen (secondary N) is 1. The lowest BCUT2D eigenvalue weighted by Crippen LogP contribution is -2.21. The Morgan fingerprint density at radius 3 is 2.83 bits per heavy atom. The van der Waals surface area contributed by atoms with Gasteiger partial charge in [-0.2, -0.15) is 0 Å². The summed E-state index contributed by atoms with van der Waals surface area (Å²) in [4.78, 5) is 0. The van der Waals surface area contributed by atoms with E-state index < -0.39 is 0 Å². The molecule has 0 radical (unpaired) electrons. The summed E-state index contributed by atoms with van der Waals surface area (Å²) in [5.74, 6) is 6.14. The van der Waals surface area contributed by atoms with Crippen LogP contribution in [0.4, 0.5) is 0 Å². The van der Waals surface area contributed by atoms with E-state index in [1.54, 1.807) is 7.11 Å². The number of para-hydroxylation sites is 1. The van der Waals surface area contributed by atoms with E-state index in [4.69, 9.17) is 10.6 Å². The molecule has 3 nitrogen and oxygen atoms in total. The van der Waals surface area contributed by atoms with Crippen LogP contribution < -0.4 is 16.0 Å². The van der Waals surface area contributed by atoms with Crippen LogP contribution in [0.3, 0.4) is 0 Å². The first-order chi connectivity index (χ1) is 5.79. The second-order valence-corrected chi connectivity index (χ2v) is 2.65. The number of ether oxygens (including phenoxy) is 1. The summed E-state index contributed by atoms with van der Waals surface area (Å²) < 4.78 is 5.23. The molecule has 0 fully saturated rings. The van der Waals surface area contributed by atoms with Gasteiger partial charge >= 0.3 is 0 Å². The number of nitrogens with two attached hydrogens (primary N) is 1. The molecule has 0 saturated carbocycles. The maximum absolute atomic E-state index is 5.23. The van der Waals surface area contributed by atoms with E-state index in [-0.39, 0.29) is 0 Å². The molecule has 3 heteroatoms. The lowest BCUT2D eigenvalue weighted by molar-refractivity contribution is 0.405. The van der Waals surface area contributed by atoms with Gasteiger partial charge in [0, 0.05) is 12.1 Å². The van der Waals surface area contributed by atoms with Gasteiger partial charge in [0.25, 0.3) is 0 Å². The van der Waals surface area contributed by atoms with Crippen LogP contribution in [0.25, 0.3) is 0 Å². The van der Waals surface area contributed by atoms with E-state index in [0.29, 0.717) is 6.54 Å². The Morgan fingerprint density at radius 2 is 2.25 bits per heavy atom. The maximum Gasteiger partial charge on any atom is 0.126 e. The Hall–Kier alpha value is -1.06. The highest BCUT2D eigenvalue weighted by molar-refractivity contribution is 5.40. The number of aryl methyl sites for hydroxylation is 1. The molecule has 12 heavy (non-hydrogen) atoms. The molecule has 3 N–H and O–H groups in total. The van der Waals surface area contributed by atoms with Gasteiger partial charge < -0.3 is 4.74 Å². The molecule has 0 heterocycles. The summed E-state index contributed by atoms with van der Waals surface area (Å²) >= 11 is 0. The van der Waals surface area contributed by atoms with Crippen LogP contribution in [-0.2, 0) is 6.54 Å². The van der Waals surface area contributed by atoms with Crippen LogP contribution in [0.15, 0.2) is 18.2 Å². The second-order valence-electron chi connectivity index (χ2n) is 2.65. The third kappa shape index (κ3) is 1.75. The fraction of sp³-hybridized carbons (Fsp3) is 0.333. The Labute approximate surface area is 72.5 Å². The normalized spacial score (nSPS) is 9.92. The monoisotopic (exact) mass is 166 g/mol. The largest absolute Gasteiger partial charge is 0.496 e. The lowest BCUT2D eigenvalue weighted by Gasteiger charge is -2.09. The van der Waals surface area contributed by atoms with Gasteiger partial charge in [-0.3, -0.25) is 11.3 Å². The zero-order chi connectivity index (χ0) is 8.97. The van der Waals surface area contributed by atoms with Crippen molar-refractivity contribution >= 4 is 0 Å². The van der Waals surface area contributed by atoms with Gasteiger partial charge in [-0.1, -0.05) is 18.2 Å². The summed E-state index contributed by atoms with van der Waals surface area (Å²) in [6, 6.07) is 6.00. The predicted octanol–water partition coefficient (Wildman–Crippen LogP) is 0.967. The third-order valence-corrected chi connectivity index (χ3v) is 1.79. The molecule has 0 bridgehead atoms. The van der Waals surface area contributed by atoms with Crippen LogP contribution in [0.1, 0.15) is 11.1 Å². The van der Waals surface area contributed by atoms with Gasteiger partial charge in [0.1, 0.15) is 5.75 Å². The predicted molar refractivity (Wildman–Crippen MR) is 48.8 cm³/mol. The molecule has 0 aliphatic heterocycles. The van der Waals surface area contributed by atoms with Crippen molar-refractivity contribution in [1.82, 2.24) is 5.43 Å². The molecule has 1 aromatic carbocycles. The first-order valence-corrected chi connectivity index (χ1v) is 3.85. The zero-order valence-electron chi connectivity index (χ0n) is 7.42. The minimum Gasteiger partial charge on any atom is -0.496 e. The van der Waals surface area contributed by atoms with Crippen molar-refractivity contribution in [3.63, 3.8) is 0 Å². The van der Waals surface area contributed by atoms with Gasteiger partial charge in [0.15, 0.2) is 0 Å². The molecular formula is C9H14N2O. The third-order valence-electron chi connectivity index (χ3n) is 1.79. The van der Waals surface area contributed by atoms with Crippen molar-refractivity contribution in [2.45, 2.75) is 13.5 Å². The summed E-state index contributed by atoms with van der Waals surface area (Å²) in [6.07, 6.45) is 0. The number of rotatable bonds is 3. The van der Waals surface area contributed by atoms with E-state index in [9.17, 15) is 0 Å². The van der Waals surface area contributed by atoms with Crippen molar-refractivity contribution in [1.29, 1.82) is 0 Å². The van der Waals surface area contributed by atoms with Gasteiger partial charge in [-0.25, -0.2) is 0 Å². The average Bonchev–Trinajstić information content (AvgIpc) is 2.05. The molecule has 0 aromatic heterocycles. The highest BCUT2D eigenvalue weighted by atomic mass is 16.5. The molecule has 1 rings (SSSR count). The SMILES string of the molecule is COc1c(C)cccc1CNN. The summed E-state index contributed by atoms with van der Waals surface area (Å²) in [6.45, 7) is 2.64. The fourth-order valence-corrected chi connectivity index (χ4v) is 1.25. The Morgan fingerprint density at radius 1 is 1.50 bits per heavy atom. The Balaban J connectivity index is 3.00. The standard InChI is InChI=1S/C9H14N2O/c1-7-4-3-5-8(6-11-10)9(7)12-2/h3-5,11H,6,10H2,1-2H3. The molecule has 0 amide bonds. The van der Waals surface area contributed by atoms with Crippen LogP contribution >= 0.6 is 0 Å². The smallest absolute Gasteiger partial charge is 0.126 e. The van der Waals surface area contributed by atoms with Crippen molar-refractivity contribution in [3.05, 3.63) is 29.3 Å². The first-order valence-electron chi connectivity index (χ1n) is 3.85. The molecule has 0 unspecified atom stereocenters. The van der Waals surface area contributed by atoms with Crippen molar-refractivity contribution in [3.8, 4) is 5.75 Å². The summed E-state index contributed by atoms with van der Waals surface area (Å²) in [5, 5.41) is 0. The second kappa shape index (κ2) is 4.09. The Kier molecular flexibility index (Phi) is 3.08. The van der Waals surface area contributed by atoms with Crippen LogP contribution in [0.2, 0.25) is 0 Å². The number of hydrogen-bond donors (Lipinski definition) is 2. The molecule has 0 atom stereocenters. The van der Waals surface area contributed by atoms with Crippen molar-refractivity contribution in [2.75, 3.05) is 7.11 Å². The van der Waals surface area contributed by atoms with Crippen molar-refractivity contribution in [2.24, 2.45) is 5.84 Å². The van der Waals surface area contributed by atoms with Gasteiger partial charge in [0.2, 0.25) is 0 Å². The average molecular weight is 166 g/mol. The number of benzene rings is 1. The lowest BCUT2D eigenvalue weighted by atomic mass is 10.1. The zero-order valence-corrected chi connectivity index (χ0v) is 7.42. The first kappa shape index (κ1) is 9.03. The van der Waals surface area contributed by atoms with E-state index >= 15 is 0 Å². The van der Waals surface area contributed by atoms with E-state index in [1.807, 2.05) is 25.1 Å². The summed E-state index contributed by atoms with van der Waals surface area (Å²) in [7, 11) is 1.67. The molecule has 0 aliphatic rings. The van der Waals surface area contributed by atoms with E-state index in [2.05, 4.69) is 5.43 Å². The number of hydrogen-bond acceptors (Lipinski definition) is 3. The highest BCUT2D eigenvalue weighted by Gasteiger charge is 2.03. The highest BCUT2D eigenvalue weighted by Crippen LogP contribution is 2.22. The van der Waals surface area contributed by atoms with Gasteiger partial charge in [0.05, 0.1) is 7.11 Å². The Bertz CT molecular complexity index is 261. The topological polar surface area (TPSA) is 47.3 Å². The number of methoxy groups -OCH3 is 1. The van der Waals surface area contributed by atoms with E-state index in [1.165, 1.54) is 0 Å². The molecular weight excluding hydrogens is 152 g/mol. The molecule has 0 aliphatic carbocycles. The quantitative estimate of drug-likeness (QED) is 0.519. The molecule has 1 aromatic rings. The minimum absolute atomic E-state index is 0.630. The molecule has 0 spiro atoms. The van der Waals surface area contributed by atoms with Gasteiger partial charge in [-0.15, -0.1) is 0 Å². The van der Waals surface area contributed by atoms with Crippen molar-refractivity contribution < 1.29 is 4.74 Å². The van der Waals surface area contributed by atoms with Crippen LogP contribution in [0, 0.1) is 6.92 Å². The van der Waals surface area contributed by atoms with Crippen LogP contribution in [-0.4, -0.2) is 7.11 Å². The maximum atomic E-state index is 5.23. The number of hydrazine groups is 1. The minimum atomic E-state index is 0.630. The van der Waals surface area contributed by atoms with Crippen LogP contribution in [0.5, 0.6) is 5.75 Å². The van der Waals surface area contributed by atoms with E-state index in [0.717, 1.165) is 16.9 Å². The summed E-state index contributed by atoms with van der Waals surface area (Å²) in [5.41, 5.74) is 4.82.